The minimum atomic E-state index is 0.607. The summed E-state index contributed by atoms with van der Waals surface area (Å²) in [5.74, 6) is 1.04. The molecule has 1 heteroatoms. The Bertz CT molecular complexity index is 152. The summed E-state index contributed by atoms with van der Waals surface area (Å²) in [5.41, 5.74) is 0.607. The van der Waals surface area contributed by atoms with Crippen LogP contribution >= 0.6 is 0 Å². The smallest absolute Gasteiger partial charge is 0.120 e. The highest BCUT2D eigenvalue weighted by molar-refractivity contribution is 5.49. The number of aldehydes is 1. The summed E-state index contributed by atoms with van der Waals surface area (Å²) < 4.78 is 0. The van der Waals surface area contributed by atoms with Crippen molar-refractivity contribution < 1.29 is 4.79 Å². The van der Waals surface area contributed by atoms with Gasteiger partial charge in [0, 0.05) is 6.42 Å². The van der Waals surface area contributed by atoms with Gasteiger partial charge in [-0.05, 0) is 56.3 Å². The maximum atomic E-state index is 10.3. The van der Waals surface area contributed by atoms with Crippen molar-refractivity contribution in [3.63, 3.8) is 0 Å². The average Bonchev–Trinajstić information content (AvgIpc) is 2.18. The van der Waals surface area contributed by atoms with Crippen molar-refractivity contribution in [1.82, 2.24) is 0 Å². The molecule has 12 heavy (non-hydrogen) atoms. The first-order chi connectivity index (χ1) is 5.85. The predicted molar refractivity (Wildman–Crippen MR) is 48.9 cm³/mol. The Morgan fingerprint density at radius 3 is 2.25 bits per heavy atom. The van der Waals surface area contributed by atoms with Gasteiger partial charge in [-0.25, -0.2) is 0 Å². The zero-order valence-corrected chi connectivity index (χ0v) is 7.72. The monoisotopic (exact) mass is 166 g/mol. The van der Waals surface area contributed by atoms with Crippen molar-refractivity contribution in [3.8, 4) is 0 Å². The summed E-state index contributed by atoms with van der Waals surface area (Å²) in [4.78, 5) is 10.3. The molecule has 3 fully saturated rings. The third kappa shape index (κ3) is 1.41. The second-order valence-electron chi connectivity index (χ2n) is 4.69. The zero-order valence-electron chi connectivity index (χ0n) is 7.72. The van der Waals surface area contributed by atoms with E-state index in [2.05, 4.69) is 0 Å². The van der Waals surface area contributed by atoms with E-state index in [1.807, 2.05) is 0 Å². The standard InChI is InChI=1S/C11H18O/c12-9-1-5-11-6-2-10(3-7-11)4-8-11/h9-10H,1-8H2. The van der Waals surface area contributed by atoms with Crippen LogP contribution in [0.4, 0.5) is 0 Å². The Labute approximate surface area is 74.5 Å². The third-order valence-corrected chi connectivity index (χ3v) is 4.04. The highest BCUT2D eigenvalue weighted by atomic mass is 16.1. The molecule has 0 aliphatic heterocycles. The Morgan fingerprint density at radius 2 is 1.75 bits per heavy atom. The van der Waals surface area contributed by atoms with Crippen molar-refractivity contribution >= 4 is 6.29 Å². The Morgan fingerprint density at radius 1 is 1.17 bits per heavy atom. The van der Waals surface area contributed by atoms with E-state index >= 15 is 0 Å². The molecule has 1 nitrogen and oxygen atoms in total. The minimum Gasteiger partial charge on any atom is -0.303 e. The maximum Gasteiger partial charge on any atom is 0.120 e. The molecule has 2 bridgehead atoms. The normalized spacial score (nSPS) is 39.8. The molecule has 0 aromatic heterocycles. The molecular weight excluding hydrogens is 148 g/mol. The Balaban J connectivity index is 1.94. The van der Waals surface area contributed by atoms with Gasteiger partial charge in [0.1, 0.15) is 6.29 Å². The lowest BCUT2D eigenvalue weighted by atomic mass is 9.59. The highest BCUT2D eigenvalue weighted by Gasteiger charge is 2.39. The van der Waals surface area contributed by atoms with Crippen LogP contribution < -0.4 is 0 Å². The van der Waals surface area contributed by atoms with Crippen LogP contribution in [-0.4, -0.2) is 6.29 Å². The molecular formula is C11H18O. The summed E-state index contributed by atoms with van der Waals surface area (Å²) in [5, 5.41) is 0. The predicted octanol–water partition coefficient (Wildman–Crippen LogP) is 2.94. The van der Waals surface area contributed by atoms with Gasteiger partial charge in [0.2, 0.25) is 0 Å². The molecule has 0 radical (unpaired) electrons. The number of carbonyl (C=O) groups is 1. The first-order valence-corrected chi connectivity index (χ1v) is 5.28. The van der Waals surface area contributed by atoms with Crippen LogP contribution in [0.3, 0.4) is 0 Å². The molecule has 0 N–H and O–H groups in total. The Hall–Kier alpha value is -0.330. The van der Waals surface area contributed by atoms with E-state index in [0.717, 1.165) is 18.6 Å². The lowest BCUT2D eigenvalue weighted by Gasteiger charge is -2.46. The van der Waals surface area contributed by atoms with Crippen molar-refractivity contribution in [2.45, 2.75) is 51.4 Å². The molecule has 3 aliphatic carbocycles. The number of hydrogen-bond donors (Lipinski definition) is 0. The third-order valence-electron chi connectivity index (χ3n) is 4.04. The van der Waals surface area contributed by atoms with Gasteiger partial charge in [-0.15, -0.1) is 0 Å². The SMILES string of the molecule is O=CCCC12CCC(CC1)CC2. The number of rotatable bonds is 3. The molecule has 3 rings (SSSR count). The van der Waals surface area contributed by atoms with Crippen LogP contribution in [0.25, 0.3) is 0 Å². The summed E-state index contributed by atoms with van der Waals surface area (Å²) in [6.07, 6.45) is 11.6. The fourth-order valence-electron chi connectivity index (χ4n) is 3.08. The molecule has 0 amide bonds. The first-order valence-electron chi connectivity index (χ1n) is 5.28. The van der Waals surface area contributed by atoms with Gasteiger partial charge in [-0.2, -0.15) is 0 Å². The minimum absolute atomic E-state index is 0.607. The van der Waals surface area contributed by atoms with Crippen molar-refractivity contribution in [2.24, 2.45) is 11.3 Å². The van der Waals surface area contributed by atoms with Crippen molar-refractivity contribution in [2.75, 3.05) is 0 Å². The molecule has 3 aliphatic rings. The molecule has 0 spiro atoms. The second-order valence-corrected chi connectivity index (χ2v) is 4.69. The molecule has 3 saturated carbocycles. The van der Waals surface area contributed by atoms with Gasteiger partial charge in [-0.3, -0.25) is 0 Å². The van der Waals surface area contributed by atoms with Gasteiger partial charge in [0.15, 0.2) is 0 Å². The van der Waals surface area contributed by atoms with Crippen LogP contribution in [0.15, 0.2) is 0 Å². The lowest BCUT2D eigenvalue weighted by Crippen LogP contribution is -2.33. The lowest BCUT2D eigenvalue weighted by molar-refractivity contribution is -0.108. The van der Waals surface area contributed by atoms with Crippen molar-refractivity contribution in [3.05, 3.63) is 0 Å². The summed E-state index contributed by atoms with van der Waals surface area (Å²) >= 11 is 0. The molecule has 68 valence electrons. The fourth-order valence-corrected chi connectivity index (χ4v) is 3.08. The molecule has 0 atom stereocenters. The van der Waals surface area contributed by atoms with E-state index in [1.165, 1.54) is 44.9 Å². The molecule has 0 aromatic carbocycles. The number of fused-ring (bicyclic) bond motifs is 3. The molecule has 0 heterocycles. The van der Waals surface area contributed by atoms with E-state index in [-0.39, 0.29) is 0 Å². The van der Waals surface area contributed by atoms with Crippen LogP contribution in [0, 0.1) is 11.3 Å². The highest BCUT2D eigenvalue weighted by Crippen LogP contribution is 2.52. The average molecular weight is 166 g/mol. The van der Waals surface area contributed by atoms with Crippen LogP contribution in [-0.2, 0) is 4.79 Å². The van der Waals surface area contributed by atoms with E-state index in [4.69, 9.17) is 0 Å². The fraction of sp³-hybridized carbons (Fsp3) is 0.909. The largest absolute Gasteiger partial charge is 0.303 e. The number of carbonyl (C=O) groups excluding carboxylic acids is 1. The van der Waals surface area contributed by atoms with Gasteiger partial charge < -0.3 is 4.79 Å². The van der Waals surface area contributed by atoms with E-state index in [1.54, 1.807) is 0 Å². The van der Waals surface area contributed by atoms with Crippen LogP contribution in [0.1, 0.15) is 51.4 Å². The molecule has 0 aromatic rings. The van der Waals surface area contributed by atoms with Gasteiger partial charge in [0.25, 0.3) is 0 Å². The molecule has 0 saturated heterocycles. The summed E-state index contributed by atoms with van der Waals surface area (Å²) in [7, 11) is 0. The van der Waals surface area contributed by atoms with Crippen molar-refractivity contribution in [1.29, 1.82) is 0 Å². The van der Waals surface area contributed by atoms with Gasteiger partial charge in [0.05, 0.1) is 0 Å². The summed E-state index contributed by atoms with van der Waals surface area (Å²) in [6.45, 7) is 0. The van der Waals surface area contributed by atoms with Gasteiger partial charge in [-0.1, -0.05) is 0 Å². The Kier molecular flexibility index (Phi) is 2.20. The van der Waals surface area contributed by atoms with Crippen LogP contribution in [0.2, 0.25) is 0 Å². The summed E-state index contributed by atoms with van der Waals surface area (Å²) in [6, 6.07) is 0. The van der Waals surface area contributed by atoms with E-state index in [9.17, 15) is 4.79 Å². The van der Waals surface area contributed by atoms with Crippen LogP contribution in [0.5, 0.6) is 0 Å². The number of hydrogen-bond acceptors (Lipinski definition) is 1. The molecule has 0 unspecified atom stereocenters. The quantitative estimate of drug-likeness (QED) is 0.589. The zero-order chi connectivity index (χ0) is 8.44. The van der Waals surface area contributed by atoms with E-state index in [0.29, 0.717) is 5.41 Å². The topological polar surface area (TPSA) is 17.1 Å². The maximum absolute atomic E-state index is 10.3. The van der Waals surface area contributed by atoms with Gasteiger partial charge >= 0.3 is 0 Å². The first kappa shape index (κ1) is 8.28. The van der Waals surface area contributed by atoms with E-state index < -0.39 is 0 Å². The second kappa shape index (κ2) is 3.20.